The number of nitrogens with one attached hydrogen (secondary N) is 1. The molecule has 1 amide bonds. The van der Waals surface area contributed by atoms with E-state index >= 15 is 0 Å². The van der Waals surface area contributed by atoms with Gasteiger partial charge in [0.2, 0.25) is 15.9 Å². The van der Waals surface area contributed by atoms with Crippen molar-refractivity contribution in [1.82, 2.24) is 9.62 Å². The third-order valence-electron chi connectivity index (χ3n) is 3.46. The van der Waals surface area contributed by atoms with Gasteiger partial charge in [-0.25, -0.2) is 13.2 Å². The van der Waals surface area contributed by atoms with Gasteiger partial charge < -0.3 is 14.8 Å². The molecule has 0 spiro atoms. The molecule has 1 fully saturated rings. The second-order valence-electron chi connectivity index (χ2n) is 5.06. The van der Waals surface area contributed by atoms with E-state index in [9.17, 15) is 18.0 Å². The van der Waals surface area contributed by atoms with Gasteiger partial charge in [0.05, 0.1) is 25.2 Å². The van der Waals surface area contributed by atoms with Crippen molar-refractivity contribution >= 4 is 21.9 Å². The summed E-state index contributed by atoms with van der Waals surface area (Å²) in [4.78, 5) is 22.6. The van der Waals surface area contributed by atoms with E-state index in [-0.39, 0.29) is 24.0 Å². The maximum Gasteiger partial charge on any atom is 0.330 e. The van der Waals surface area contributed by atoms with E-state index in [4.69, 9.17) is 4.74 Å². The fourth-order valence-electron chi connectivity index (χ4n) is 2.08. The number of nitrogens with zero attached hydrogens (tertiary/aromatic N) is 1. The minimum atomic E-state index is -3.59. The summed E-state index contributed by atoms with van der Waals surface area (Å²) in [5.41, 5.74) is 0. The van der Waals surface area contributed by atoms with Gasteiger partial charge in [-0.2, -0.15) is 4.31 Å². The molecule has 0 aromatic heterocycles. The Labute approximate surface area is 140 Å². The fourth-order valence-corrected chi connectivity index (χ4v) is 3.61. The van der Waals surface area contributed by atoms with Crippen molar-refractivity contribution in [2.75, 3.05) is 27.3 Å². The highest BCUT2D eigenvalue weighted by molar-refractivity contribution is 7.89. The van der Waals surface area contributed by atoms with Crippen molar-refractivity contribution in [3.8, 4) is 5.75 Å². The molecule has 2 rings (SSSR count). The summed E-state index contributed by atoms with van der Waals surface area (Å²) in [6.07, 6.45) is 2.05. The van der Waals surface area contributed by atoms with Crippen LogP contribution in [0.1, 0.15) is 0 Å². The number of hydrogen-bond donors (Lipinski definition) is 1. The van der Waals surface area contributed by atoms with Crippen LogP contribution < -0.4 is 10.1 Å². The fraction of sp³-hybridized carbons (Fsp3) is 0.333. The maximum absolute atomic E-state index is 12.4. The number of ether oxygens (including phenoxy) is 2. The van der Waals surface area contributed by atoms with Gasteiger partial charge >= 0.3 is 5.97 Å². The first-order valence-electron chi connectivity index (χ1n) is 7.07. The lowest BCUT2D eigenvalue weighted by atomic mass is 10.2. The molecule has 0 saturated carbocycles. The van der Waals surface area contributed by atoms with Gasteiger partial charge in [-0.1, -0.05) is 0 Å². The Bertz CT molecular complexity index is 736. The second kappa shape index (κ2) is 7.45. The van der Waals surface area contributed by atoms with Crippen LogP contribution in [0.2, 0.25) is 0 Å². The number of carbonyl (C=O) groups is 2. The molecule has 1 N–H and O–H groups in total. The van der Waals surface area contributed by atoms with Crippen LogP contribution in [0.15, 0.2) is 41.3 Å². The Hall–Kier alpha value is -2.39. The Morgan fingerprint density at radius 2 is 1.79 bits per heavy atom. The number of amides is 1. The summed E-state index contributed by atoms with van der Waals surface area (Å²) < 4.78 is 35.4. The van der Waals surface area contributed by atoms with E-state index in [0.717, 1.165) is 12.2 Å². The predicted octanol–water partition coefficient (Wildman–Crippen LogP) is -0.0865. The van der Waals surface area contributed by atoms with Gasteiger partial charge in [0.15, 0.2) is 0 Å². The van der Waals surface area contributed by atoms with Crippen LogP contribution in [0.4, 0.5) is 0 Å². The standard InChI is InChI=1S/C15H18N2O6S/c1-22-12-3-5-13(6-4-12)24(20,21)17-9-11(10-17)16-14(18)7-8-15(19)23-2/h3-8,11H,9-10H2,1-2H3,(H,16,18)/b8-7+. The van der Waals surface area contributed by atoms with E-state index in [1.807, 2.05) is 0 Å². The topological polar surface area (TPSA) is 102 Å². The average molecular weight is 354 g/mol. The number of carbonyl (C=O) groups excluding carboxylic acids is 2. The molecule has 0 radical (unpaired) electrons. The lowest BCUT2D eigenvalue weighted by Crippen LogP contribution is -2.60. The molecular formula is C15H18N2O6S. The molecular weight excluding hydrogens is 336 g/mol. The highest BCUT2D eigenvalue weighted by Crippen LogP contribution is 2.23. The van der Waals surface area contributed by atoms with Crippen molar-refractivity contribution in [2.24, 2.45) is 0 Å². The largest absolute Gasteiger partial charge is 0.497 e. The zero-order chi connectivity index (χ0) is 17.7. The van der Waals surface area contributed by atoms with Crippen LogP contribution in [0.5, 0.6) is 5.75 Å². The van der Waals surface area contributed by atoms with E-state index in [0.29, 0.717) is 5.75 Å². The quantitative estimate of drug-likeness (QED) is 0.566. The average Bonchev–Trinajstić information content (AvgIpc) is 2.55. The molecule has 1 saturated heterocycles. The Balaban J connectivity index is 1.89. The molecule has 1 aliphatic rings. The third-order valence-corrected chi connectivity index (χ3v) is 5.31. The van der Waals surface area contributed by atoms with Crippen LogP contribution in [-0.2, 0) is 24.3 Å². The monoisotopic (exact) mass is 354 g/mol. The second-order valence-corrected chi connectivity index (χ2v) is 7.00. The van der Waals surface area contributed by atoms with E-state index < -0.39 is 21.9 Å². The molecule has 0 aliphatic carbocycles. The molecule has 0 unspecified atom stereocenters. The lowest BCUT2D eigenvalue weighted by Gasteiger charge is -2.38. The van der Waals surface area contributed by atoms with Gasteiger partial charge in [-0.15, -0.1) is 0 Å². The highest BCUT2D eigenvalue weighted by Gasteiger charge is 2.37. The summed E-state index contributed by atoms with van der Waals surface area (Å²) in [5.74, 6) is -0.547. The molecule has 130 valence electrons. The Morgan fingerprint density at radius 1 is 1.17 bits per heavy atom. The summed E-state index contributed by atoms with van der Waals surface area (Å²) in [5, 5.41) is 2.61. The van der Waals surface area contributed by atoms with E-state index in [1.54, 1.807) is 12.1 Å². The van der Waals surface area contributed by atoms with Crippen molar-refractivity contribution in [3.05, 3.63) is 36.4 Å². The number of benzene rings is 1. The summed E-state index contributed by atoms with van der Waals surface area (Å²) in [7, 11) is -0.884. The van der Waals surface area contributed by atoms with Crippen LogP contribution in [0.3, 0.4) is 0 Å². The minimum absolute atomic E-state index is 0.165. The first-order valence-corrected chi connectivity index (χ1v) is 8.51. The Morgan fingerprint density at radius 3 is 2.33 bits per heavy atom. The van der Waals surface area contributed by atoms with Crippen molar-refractivity contribution in [3.63, 3.8) is 0 Å². The molecule has 24 heavy (non-hydrogen) atoms. The van der Waals surface area contributed by atoms with Crippen molar-refractivity contribution in [2.45, 2.75) is 10.9 Å². The molecule has 9 heteroatoms. The summed E-state index contributed by atoms with van der Waals surface area (Å²) in [6.45, 7) is 0.346. The number of esters is 1. The van der Waals surface area contributed by atoms with Gasteiger partial charge in [-0.05, 0) is 24.3 Å². The van der Waals surface area contributed by atoms with Crippen LogP contribution in [-0.4, -0.2) is 58.0 Å². The molecule has 1 aromatic carbocycles. The zero-order valence-corrected chi connectivity index (χ0v) is 14.1. The molecule has 1 aliphatic heterocycles. The van der Waals surface area contributed by atoms with E-state index in [2.05, 4.69) is 10.1 Å². The van der Waals surface area contributed by atoms with Gasteiger partial charge in [0.1, 0.15) is 5.75 Å². The van der Waals surface area contributed by atoms with Gasteiger partial charge in [0.25, 0.3) is 0 Å². The third kappa shape index (κ3) is 4.12. The molecule has 0 atom stereocenters. The SMILES string of the molecule is COC(=O)/C=C/C(=O)NC1CN(S(=O)(=O)c2ccc(OC)cc2)C1. The minimum Gasteiger partial charge on any atom is -0.497 e. The number of sulfonamides is 1. The summed E-state index contributed by atoms with van der Waals surface area (Å²) in [6, 6.07) is 5.79. The molecule has 1 aromatic rings. The highest BCUT2D eigenvalue weighted by atomic mass is 32.2. The molecule has 1 heterocycles. The van der Waals surface area contributed by atoms with Crippen LogP contribution in [0.25, 0.3) is 0 Å². The Kier molecular flexibility index (Phi) is 5.58. The number of methoxy groups -OCH3 is 2. The van der Waals surface area contributed by atoms with Crippen LogP contribution in [0, 0.1) is 0 Å². The van der Waals surface area contributed by atoms with Crippen molar-refractivity contribution in [1.29, 1.82) is 0 Å². The molecule has 0 bridgehead atoms. The summed E-state index contributed by atoms with van der Waals surface area (Å²) >= 11 is 0. The van der Waals surface area contributed by atoms with E-state index in [1.165, 1.54) is 30.7 Å². The number of rotatable bonds is 6. The predicted molar refractivity (Wildman–Crippen MR) is 84.8 cm³/mol. The van der Waals surface area contributed by atoms with Crippen molar-refractivity contribution < 1.29 is 27.5 Å². The number of hydrogen-bond acceptors (Lipinski definition) is 6. The first kappa shape index (κ1) is 18.0. The van der Waals surface area contributed by atoms with Crippen LogP contribution >= 0.6 is 0 Å². The first-order chi connectivity index (χ1) is 11.4. The maximum atomic E-state index is 12.4. The van der Waals surface area contributed by atoms with Gasteiger partial charge in [-0.3, -0.25) is 4.79 Å². The smallest absolute Gasteiger partial charge is 0.330 e. The lowest BCUT2D eigenvalue weighted by molar-refractivity contribution is -0.135. The molecule has 8 nitrogen and oxygen atoms in total. The van der Waals surface area contributed by atoms with Gasteiger partial charge in [0, 0.05) is 25.2 Å². The zero-order valence-electron chi connectivity index (χ0n) is 13.3. The normalized spacial score (nSPS) is 15.8.